The van der Waals surface area contributed by atoms with Gasteiger partial charge in [-0.1, -0.05) is 31.6 Å². The van der Waals surface area contributed by atoms with Gasteiger partial charge in [0.2, 0.25) is 5.82 Å². The Balaban J connectivity index is 2.19. The molecule has 0 unspecified atom stereocenters. The van der Waals surface area contributed by atoms with E-state index in [-0.39, 0.29) is 11.3 Å². The van der Waals surface area contributed by atoms with Gasteiger partial charge >= 0.3 is 0 Å². The molecule has 0 aromatic heterocycles. The molecule has 0 aliphatic carbocycles. The highest BCUT2D eigenvalue weighted by Crippen LogP contribution is 2.31. The van der Waals surface area contributed by atoms with Gasteiger partial charge in [0.25, 0.3) is 0 Å². The molecule has 0 saturated carbocycles. The van der Waals surface area contributed by atoms with Crippen LogP contribution in [0.15, 0.2) is 48.7 Å². The number of hydrogen-bond donors (Lipinski definition) is 0. The van der Waals surface area contributed by atoms with Crippen molar-refractivity contribution in [3.8, 4) is 22.6 Å². The van der Waals surface area contributed by atoms with E-state index in [2.05, 4.69) is 6.92 Å². The highest BCUT2D eigenvalue weighted by molar-refractivity contribution is 5.66. The summed E-state index contributed by atoms with van der Waals surface area (Å²) in [6.45, 7) is 4.47. The number of rotatable bonds is 7. The van der Waals surface area contributed by atoms with Crippen molar-refractivity contribution in [1.82, 2.24) is 0 Å². The van der Waals surface area contributed by atoms with E-state index in [1.807, 2.05) is 0 Å². The van der Waals surface area contributed by atoms with E-state index in [0.29, 0.717) is 12.2 Å². The van der Waals surface area contributed by atoms with Crippen molar-refractivity contribution >= 4 is 0 Å². The Bertz CT molecular complexity index is 664. The molecule has 4 heteroatoms. The van der Waals surface area contributed by atoms with E-state index < -0.39 is 11.6 Å². The van der Waals surface area contributed by atoms with Crippen molar-refractivity contribution in [2.45, 2.75) is 26.7 Å². The molecule has 0 saturated heterocycles. The van der Waals surface area contributed by atoms with Crippen molar-refractivity contribution in [2.24, 2.45) is 0 Å². The smallest absolute Gasteiger partial charge is 0.201 e. The summed E-state index contributed by atoms with van der Waals surface area (Å²) in [6.07, 6.45) is 4.95. The fourth-order valence-electron chi connectivity index (χ4n) is 2.05. The first-order chi connectivity index (χ1) is 11.2. The summed E-state index contributed by atoms with van der Waals surface area (Å²) in [5.41, 5.74) is 0.775. The van der Waals surface area contributed by atoms with E-state index >= 15 is 0 Å². The maximum atomic E-state index is 14.2. The molecule has 0 N–H and O–H groups in total. The number of benzene rings is 2. The Hall–Kier alpha value is -2.36. The molecule has 0 fully saturated rings. The molecule has 0 radical (unpaired) electrons. The Morgan fingerprint density at radius 1 is 1.00 bits per heavy atom. The van der Waals surface area contributed by atoms with Crippen LogP contribution in [-0.2, 0) is 0 Å². The second-order valence-corrected chi connectivity index (χ2v) is 5.05. The van der Waals surface area contributed by atoms with Gasteiger partial charge in [-0.25, -0.2) is 4.39 Å². The summed E-state index contributed by atoms with van der Waals surface area (Å²) >= 11 is 0. The monoisotopic (exact) mass is 318 g/mol. The van der Waals surface area contributed by atoms with Gasteiger partial charge in [-0.05, 0) is 43.2 Å². The average molecular weight is 318 g/mol. The zero-order valence-electron chi connectivity index (χ0n) is 13.3. The number of unbranched alkanes of at least 4 members (excludes halogenated alkanes) is 1. The van der Waals surface area contributed by atoms with Crippen LogP contribution in [0.2, 0.25) is 0 Å². The third-order valence-corrected chi connectivity index (χ3v) is 3.31. The van der Waals surface area contributed by atoms with E-state index in [1.165, 1.54) is 18.4 Å². The molecule has 2 nitrogen and oxygen atoms in total. The van der Waals surface area contributed by atoms with Gasteiger partial charge in [0.15, 0.2) is 11.6 Å². The van der Waals surface area contributed by atoms with E-state index in [0.717, 1.165) is 18.6 Å². The Morgan fingerprint density at radius 2 is 1.74 bits per heavy atom. The fourth-order valence-corrected chi connectivity index (χ4v) is 2.05. The lowest BCUT2D eigenvalue weighted by Crippen LogP contribution is -1.97. The molecule has 0 spiro atoms. The fraction of sp³-hybridized carbons (Fsp3) is 0.263. The summed E-state index contributed by atoms with van der Waals surface area (Å²) in [5.74, 6) is -1.34. The van der Waals surface area contributed by atoms with Gasteiger partial charge in [-0.15, -0.1) is 0 Å². The van der Waals surface area contributed by atoms with Crippen LogP contribution in [0.25, 0.3) is 11.1 Å². The molecule has 0 bridgehead atoms. The molecule has 2 rings (SSSR count). The van der Waals surface area contributed by atoms with Gasteiger partial charge in [-0.2, -0.15) is 4.39 Å². The standard InChI is InChI=1S/C19H20F2O2/c1-3-5-13-22-15-8-6-14(7-9-15)16-10-11-17(23-12-4-2)19(21)18(16)20/h4,6-12H,3,5,13H2,1-2H3. The third kappa shape index (κ3) is 4.31. The second-order valence-electron chi connectivity index (χ2n) is 5.05. The molecule has 0 aliphatic rings. The minimum atomic E-state index is -0.996. The number of allylic oxidation sites excluding steroid dienone is 1. The van der Waals surface area contributed by atoms with Crippen LogP contribution in [0.5, 0.6) is 11.5 Å². The van der Waals surface area contributed by atoms with Crippen LogP contribution in [-0.4, -0.2) is 6.61 Å². The van der Waals surface area contributed by atoms with Crippen LogP contribution < -0.4 is 9.47 Å². The van der Waals surface area contributed by atoms with Crippen LogP contribution in [0, 0.1) is 11.6 Å². The van der Waals surface area contributed by atoms with Crippen molar-refractivity contribution in [2.75, 3.05) is 6.61 Å². The summed E-state index contributed by atoms with van der Waals surface area (Å²) in [7, 11) is 0. The van der Waals surface area contributed by atoms with Crippen molar-refractivity contribution < 1.29 is 18.3 Å². The molecule has 122 valence electrons. The summed E-state index contributed by atoms with van der Waals surface area (Å²) < 4.78 is 38.8. The summed E-state index contributed by atoms with van der Waals surface area (Å²) in [4.78, 5) is 0. The minimum absolute atomic E-state index is 0.135. The van der Waals surface area contributed by atoms with Crippen molar-refractivity contribution in [3.05, 3.63) is 60.4 Å². The molecule has 0 heterocycles. The molecule has 2 aromatic rings. The van der Waals surface area contributed by atoms with Crippen LogP contribution in [0.4, 0.5) is 8.78 Å². The van der Waals surface area contributed by atoms with Gasteiger partial charge in [0.1, 0.15) is 5.75 Å². The van der Waals surface area contributed by atoms with E-state index in [4.69, 9.17) is 9.47 Å². The first-order valence-electron chi connectivity index (χ1n) is 7.66. The van der Waals surface area contributed by atoms with E-state index in [9.17, 15) is 8.78 Å². The topological polar surface area (TPSA) is 18.5 Å². The molecular formula is C19H20F2O2. The Kier molecular flexibility index (Phi) is 6.15. The lowest BCUT2D eigenvalue weighted by molar-refractivity contribution is 0.309. The van der Waals surface area contributed by atoms with Crippen molar-refractivity contribution in [1.29, 1.82) is 0 Å². The zero-order chi connectivity index (χ0) is 16.7. The van der Waals surface area contributed by atoms with Gasteiger partial charge < -0.3 is 9.47 Å². The lowest BCUT2D eigenvalue weighted by atomic mass is 10.0. The highest BCUT2D eigenvalue weighted by atomic mass is 19.2. The first-order valence-corrected chi connectivity index (χ1v) is 7.66. The number of hydrogen-bond acceptors (Lipinski definition) is 2. The summed E-state index contributed by atoms with van der Waals surface area (Å²) in [5, 5.41) is 0. The predicted molar refractivity (Wildman–Crippen MR) is 87.6 cm³/mol. The Morgan fingerprint density at radius 3 is 2.39 bits per heavy atom. The average Bonchev–Trinajstić information content (AvgIpc) is 2.57. The van der Waals surface area contributed by atoms with Crippen LogP contribution in [0.1, 0.15) is 26.7 Å². The zero-order valence-corrected chi connectivity index (χ0v) is 13.3. The summed E-state index contributed by atoms with van der Waals surface area (Å²) in [6, 6.07) is 9.86. The molecule has 0 aliphatic heterocycles. The van der Waals surface area contributed by atoms with Gasteiger partial charge in [0.05, 0.1) is 12.9 Å². The van der Waals surface area contributed by atoms with Gasteiger partial charge in [0, 0.05) is 5.56 Å². The predicted octanol–water partition coefficient (Wildman–Crippen LogP) is 5.72. The largest absolute Gasteiger partial charge is 0.494 e. The van der Waals surface area contributed by atoms with Crippen molar-refractivity contribution in [3.63, 3.8) is 0 Å². The third-order valence-electron chi connectivity index (χ3n) is 3.31. The van der Waals surface area contributed by atoms with Gasteiger partial charge in [-0.3, -0.25) is 0 Å². The quantitative estimate of drug-likeness (QED) is 0.480. The highest BCUT2D eigenvalue weighted by Gasteiger charge is 2.15. The maximum absolute atomic E-state index is 14.2. The molecule has 23 heavy (non-hydrogen) atoms. The molecule has 2 aromatic carbocycles. The maximum Gasteiger partial charge on any atom is 0.201 e. The van der Waals surface area contributed by atoms with E-state index in [1.54, 1.807) is 37.3 Å². The molecular weight excluding hydrogens is 298 g/mol. The SMILES string of the molecule is CC=COc1ccc(-c2ccc(OCCCC)cc2)c(F)c1F. The lowest BCUT2D eigenvalue weighted by Gasteiger charge is -2.09. The van der Waals surface area contributed by atoms with Crippen LogP contribution in [0.3, 0.4) is 0 Å². The number of ether oxygens (including phenoxy) is 2. The van der Waals surface area contributed by atoms with Crippen LogP contribution >= 0.6 is 0 Å². The Labute approximate surface area is 135 Å². The molecule has 0 atom stereocenters. The number of halogens is 2. The normalized spacial score (nSPS) is 11.0. The second kappa shape index (κ2) is 8.32. The minimum Gasteiger partial charge on any atom is -0.494 e. The first kappa shape index (κ1) is 17.0. The molecule has 0 amide bonds.